The van der Waals surface area contributed by atoms with E-state index in [1.54, 1.807) is 6.07 Å². The lowest BCUT2D eigenvalue weighted by Crippen LogP contribution is -2.07. The first-order valence-corrected chi connectivity index (χ1v) is 10.0. The van der Waals surface area contributed by atoms with E-state index in [4.69, 9.17) is 9.73 Å². The fraction of sp³-hybridized carbons (Fsp3) is 0.0370. The highest BCUT2D eigenvalue weighted by atomic mass is 16.5. The van der Waals surface area contributed by atoms with E-state index in [1.807, 2.05) is 91.9 Å². The van der Waals surface area contributed by atoms with Crippen molar-refractivity contribution in [2.45, 2.75) is 6.92 Å². The molecule has 150 valence electrons. The van der Waals surface area contributed by atoms with Gasteiger partial charge < -0.3 is 9.84 Å². The van der Waals surface area contributed by atoms with Gasteiger partial charge in [0.1, 0.15) is 11.4 Å². The number of fused-ring (bicyclic) bond motifs is 2. The number of hydrogen-bond acceptors (Lipinski definition) is 3. The number of hydrogen-bond donors (Lipinski definition) is 1. The van der Waals surface area contributed by atoms with Crippen molar-refractivity contribution >= 4 is 17.4 Å². The summed E-state index contributed by atoms with van der Waals surface area (Å²) in [4.78, 5) is 16.9. The molecule has 0 spiro atoms. The number of ether oxygens (including phenoxy) is 1. The predicted octanol–water partition coefficient (Wildman–Crippen LogP) is 6.64. The predicted molar refractivity (Wildman–Crippen MR) is 122 cm³/mol. The number of benzene rings is 4. The van der Waals surface area contributed by atoms with E-state index in [-0.39, 0.29) is 5.56 Å². The minimum atomic E-state index is -0.957. The topological polar surface area (TPSA) is 58.9 Å². The number of rotatable bonds is 3. The maximum absolute atomic E-state index is 12.0. The van der Waals surface area contributed by atoms with Crippen molar-refractivity contribution in [1.82, 2.24) is 0 Å². The first kappa shape index (κ1) is 18.8. The van der Waals surface area contributed by atoms with E-state index < -0.39 is 5.97 Å². The van der Waals surface area contributed by atoms with Crippen LogP contribution in [0.4, 0.5) is 5.69 Å². The minimum Gasteiger partial charge on any atom is -0.478 e. The second kappa shape index (κ2) is 7.58. The number of carboxylic acid groups (broad SMARTS) is 1. The number of aliphatic imine (C=N–C) groups is 1. The Balaban J connectivity index is 1.77. The van der Waals surface area contributed by atoms with Crippen molar-refractivity contribution in [3.05, 3.63) is 113 Å². The van der Waals surface area contributed by atoms with Crippen LogP contribution in [0.3, 0.4) is 0 Å². The summed E-state index contributed by atoms with van der Waals surface area (Å²) < 4.78 is 6.14. The molecule has 1 aliphatic heterocycles. The van der Waals surface area contributed by atoms with E-state index in [0.717, 1.165) is 33.7 Å². The number of nitrogens with zero attached hydrogens (tertiary/aromatic N) is 1. The molecule has 4 aromatic carbocycles. The van der Waals surface area contributed by atoms with E-state index in [9.17, 15) is 9.90 Å². The van der Waals surface area contributed by atoms with E-state index in [2.05, 4.69) is 0 Å². The summed E-state index contributed by atoms with van der Waals surface area (Å²) in [6.07, 6.45) is 0. The van der Waals surface area contributed by atoms with Crippen molar-refractivity contribution in [2.24, 2.45) is 4.99 Å². The van der Waals surface area contributed by atoms with Gasteiger partial charge in [-0.1, -0.05) is 54.6 Å². The van der Waals surface area contributed by atoms with Crippen LogP contribution in [0.25, 0.3) is 11.1 Å². The van der Waals surface area contributed by atoms with Gasteiger partial charge in [-0.25, -0.2) is 9.79 Å². The number of para-hydroxylation sites is 3. The molecule has 1 N–H and O–H groups in total. The molecule has 1 aliphatic rings. The first-order chi connectivity index (χ1) is 15.1. The zero-order valence-electron chi connectivity index (χ0n) is 16.9. The summed E-state index contributed by atoms with van der Waals surface area (Å²) in [5, 5.41) is 9.80. The van der Waals surface area contributed by atoms with Gasteiger partial charge in [-0.05, 0) is 60.0 Å². The summed E-state index contributed by atoms with van der Waals surface area (Å²) >= 11 is 0. The molecule has 5 rings (SSSR count). The monoisotopic (exact) mass is 405 g/mol. The van der Waals surface area contributed by atoms with Crippen molar-refractivity contribution in [3.8, 4) is 22.6 Å². The Morgan fingerprint density at radius 2 is 1.45 bits per heavy atom. The number of aromatic carboxylic acids is 1. The zero-order valence-corrected chi connectivity index (χ0v) is 16.9. The molecule has 0 bridgehead atoms. The van der Waals surface area contributed by atoms with Gasteiger partial charge >= 0.3 is 5.97 Å². The lowest BCUT2D eigenvalue weighted by molar-refractivity contribution is 0.0697. The summed E-state index contributed by atoms with van der Waals surface area (Å²) in [6, 6.07) is 28.6. The second-order valence-electron chi connectivity index (χ2n) is 7.41. The number of carbonyl (C=O) groups is 1. The maximum atomic E-state index is 12.0. The van der Waals surface area contributed by atoms with Crippen LogP contribution in [0.1, 0.15) is 27.0 Å². The lowest BCUT2D eigenvalue weighted by atomic mass is 9.91. The van der Waals surface area contributed by atoms with E-state index >= 15 is 0 Å². The minimum absolute atomic E-state index is 0.261. The van der Waals surface area contributed by atoms with Gasteiger partial charge in [-0.2, -0.15) is 0 Å². The number of aryl methyl sites for hydroxylation is 1. The Hall–Kier alpha value is -4.18. The smallest absolute Gasteiger partial charge is 0.336 e. The third-order valence-corrected chi connectivity index (χ3v) is 5.42. The second-order valence-corrected chi connectivity index (χ2v) is 7.41. The molecule has 0 saturated heterocycles. The van der Waals surface area contributed by atoms with Crippen molar-refractivity contribution in [1.29, 1.82) is 0 Å². The van der Waals surface area contributed by atoms with Crippen molar-refractivity contribution in [2.75, 3.05) is 0 Å². The quantitative estimate of drug-likeness (QED) is 0.366. The molecule has 0 aliphatic carbocycles. The first-order valence-electron chi connectivity index (χ1n) is 10.0. The fourth-order valence-electron chi connectivity index (χ4n) is 3.88. The van der Waals surface area contributed by atoms with Crippen LogP contribution in [0.5, 0.6) is 11.5 Å². The van der Waals surface area contributed by atoms with E-state index in [0.29, 0.717) is 17.1 Å². The molecule has 0 amide bonds. The third-order valence-electron chi connectivity index (χ3n) is 5.42. The van der Waals surface area contributed by atoms with Gasteiger partial charge in [0, 0.05) is 11.1 Å². The van der Waals surface area contributed by atoms with Gasteiger partial charge in [0.2, 0.25) is 0 Å². The molecule has 4 heteroatoms. The summed E-state index contributed by atoms with van der Waals surface area (Å²) in [6.45, 7) is 1.98. The molecule has 0 aromatic heterocycles. The Bertz CT molecular complexity index is 1350. The number of carboxylic acids is 1. The molecule has 0 saturated carbocycles. The standard InChI is InChI=1S/C27H19NO3/c1-17-8-2-3-9-19(17)22-16-18(14-15-20(22)27(29)30)26-21-10-4-6-12-24(21)31-25-13-7-5-11-23(25)28-26/h2-16H,1H3,(H,29,30). The Labute approximate surface area is 180 Å². The van der Waals surface area contributed by atoms with Crippen molar-refractivity contribution in [3.63, 3.8) is 0 Å². The van der Waals surface area contributed by atoms with Crippen LogP contribution in [0.15, 0.2) is 96.0 Å². The van der Waals surface area contributed by atoms with Gasteiger partial charge in [-0.15, -0.1) is 0 Å². The molecule has 0 radical (unpaired) electrons. The van der Waals surface area contributed by atoms with Gasteiger partial charge in [0.25, 0.3) is 0 Å². The normalized spacial score (nSPS) is 12.1. The van der Waals surface area contributed by atoms with Crippen LogP contribution in [-0.4, -0.2) is 16.8 Å². The fourth-order valence-corrected chi connectivity index (χ4v) is 3.88. The Morgan fingerprint density at radius 3 is 2.23 bits per heavy atom. The molecule has 4 nitrogen and oxygen atoms in total. The largest absolute Gasteiger partial charge is 0.478 e. The van der Waals surface area contributed by atoms with Gasteiger partial charge in [0.05, 0.1) is 11.3 Å². The molecule has 0 atom stereocenters. The highest BCUT2D eigenvalue weighted by Crippen LogP contribution is 2.39. The van der Waals surface area contributed by atoms with Crippen LogP contribution in [0, 0.1) is 6.92 Å². The van der Waals surface area contributed by atoms with Crippen molar-refractivity contribution < 1.29 is 14.6 Å². The molecule has 0 unspecified atom stereocenters. The van der Waals surface area contributed by atoms with Crippen LogP contribution >= 0.6 is 0 Å². The zero-order chi connectivity index (χ0) is 21.4. The van der Waals surface area contributed by atoms with Crippen LogP contribution < -0.4 is 4.74 Å². The van der Waals surface area contributed by atoms with Crippen LogP contribution in [-0.2, 0) is 0 Å². The highest BCUT2D eigenvalue weighted by Gasteiger charge is 2.21. The summed E-state index contributed by atoms with van der Waals surface area (Å²) in [5.74, 6) is 0.443. The van der Waals surface area contributed by atoms with Gasteiger partial charge in [0.15, 0.2) is 5.75 Å². The molecule has 1 heterocycles. The SMILES string of the molecule is Cc1ccccc1-c1cc(C2=Nc3ccccc3Oc3ccccc32)ccc1C(=O)O. The average Bonchev–Trinajstić information content (AvgIpc) is 2.96. The van der Waals surface area contributed by atoms with Gasteiger partial charge in [-0.3, -0.25) is 0 Å². The summed E-state index contributed by atoms with van der Waals surface area (Å²) in [5.41, 5.74) is 5.99. The highest BCUT2D eigenvalue weighted by molar-refractivity contribution is 6.17. The average molecular weight is 405 g/mol. The molecular formula is C27H19NO3. The Morgan fingerprint density at radius 1 is 0.774 bits per heavy atom. The molecular weight excluding hydrogens is 386 g/mol. The Kier molecular flexibility index (Phi) is 4.60. The summed E-state index contributed by atoms with van der Waals surface area (Å²) in [7, 11) is 0. The maximum Gasteiger partial charge on any atom is 0.336 e. The molecule has 31 heavy (non-hydrogen) atoms. The van der Waals surface area contributed by atoms with E-state index in [1.165, 1.54) is 0 Å². The third kappa shape index (κ3) is 3.38. The molecule has 0 fully saturated rings. The van der Waals surface area contributed by atoms with Crippen LogP contribution in [0.2, 0.25) is 0 Å². The molecule has 4 aromatic rings. The lowest BCUT2D eigenvalue weighted by Gasteiger charge is -2.14.